The maximum absolute atomic E-state index is 12.0. The van der Waals surface area contributed by atoms with Crippen molar-refractivity contribution in [2.24, 2.45) is 0 Å². The summed E-state index contributed by atoms with van der Waals surface area (Å²) in [5.41, 5.74) is 5.78. The van der Waals surface area contributed by atoms with Gasteiger partial charge in [-0.1, -0.05) is 49.4 Å². The number of ether oxygens (including phenoxy) is 2. The van der Waals surface area contributed by atoms with Gasteiger partial charge in [-0.05, 0) is 51.5 Å². The number of nitrogens with one attached hydrogen (secondary N) is 2. The molecule has 7 heteroatoms. The molecule has 150 valence electrons. The topological polar surface area (TPSA) is 76.7 Å². The standard InChI is InChI=1S/C22H21BrN2O4/c1-2-15-10-11-20(18(23)12-15)29-14-22(27)25-24-21(26)13-28-19-9-5-7-16-6-3-4-8-17(16)19/h3-12H,2,13-14H2,1H3,(H,24,26)(H,25,27). The monoisotopic (exact) mass is 456 g/mol. The highest BCUT2D eigenvalue weighted by atomic mass is 79.9. The molecule has 0 aliphatic carbocycles. The maximum atomic E-state index is 12.0. The molecule has 2 amide bonds. The number of carbonyl (C=O) groups is 2. The molecule has 29 heavy (non-hydrogen) atoms. The molecule has 0 saturated heterocycles. The molecule has 0 saturated carbocycles. The molecular weight excluding hydrogens is 436 g/mol. The molecule has 3 aromatic rings. The van der Waals surface area contributed by atoms with Crippen LogP contribution in [0.5, 0.6) is 11.5 Å². The predicted molar refractivity (Wildman–Crippen MR) is 115 cm³/mol. The average Bonchev–Trinajstić information content (AvgIpc) is 2.75. The number of rotatable bonds is 7. The summed E-state index contributed by atoms with van der Waals surface area (Å²) in [4.78, 5) is 23.9. The van der Waals surface area contributed by atoms with Crippen molar-refractivity contribution in [1.82, 2.24) is 10.9 Å². The molecule has 0 spiro atoms. The van der Waals surface area contributed by atoms with Gasteiger partial charge in [0.1, 0.15) is 11.5 Å². The van der Waals surface area contributed by atoms with Crippen LogP contribution in [0.25, 0.3) is 10.8 Å². The molecule has 0 aromatic heterocycles. The van der Waals surface area contributed by atoms with Crippen LogP contribution >= 0.6 is 15.9 Å². The van der Waals surface area contributed by atoms with Crippen molar-refractivity contribution >= 4 is 38.5 Å². The number of hydrogen-bond acceptors (Lipinski definition) is 4. The molecule has 0 aliphatic rings. The van der Waals surface area contributed by atoms with Gasteiger partial charge >= 0.3 is 0 Å². The van der Waals surface area contributed by atoms with Crippen molar-refractivity contribution in [1.29, 1.82) is 0 Å². The molecular formula is C22H21BrN2O4. The lowest BCUT2D eigenvalue weighted by atomic mass is 10.1. The van der Waals surface area contributed by atoms with Gasteiger partial charge in [0.25, 0.3) is 11.8 Å². The third kappa shape index (κ3) is 5.71. The number of hydrogen-bond donors (Lipinski definition) is 2. The zero-order chi connectivity index (χ0) is 20.6. The molecule has 3 rings (SSSR count). The van der Waals surface area contributed by atoms with E-state index in [1.165, 1.54) is 0 Å². The molecule has 6 nitrogen and oxygen atoms in total. The Labute approximate surface area is 177 Å². The van der Waals surface area contributed by atoms with Gasteiger partial charge in [0.05, 0.1) is 4.47 Å². The van der Waals surface area contributed by atoms with Crippen LogP contribution in [0.15, 0.2) is 65.1 Å². The average molecular weight is 457 g/mol. The van der Waals surface area contributed by atoms with Gasteiger partial charge in [0.2, 0.25) is 0 Å². The van der Waals surface area contributed by atoms with Crippen LogP contribution in [-0.4, -0.2) is 25.0 Å². The van der Waals surface area contributed by atoms with Gasteiger partial charge in [-0.2, -0.15) is 0 Å². The summed E-state index contributed by atoms with van der Waals surface area (Å²) in [5, 5.41) is 1.94. The van der Waals surface area contributed by atoms with Crippen molar-refractivity contribution in [3.8, 4) is 11.5 Å². The van der Waals surface area contributed by atoms with Crippen molar-refractivity contribution in [2.45, 2.75) is 13.3 Å². The molecule has 0 atom stereocenters. The number of benzene rings is 3. The largest absolute Gasteiger partial charge is 0.483 e. The Morgan fingerprint density at radius 2 is 1.52 bits per heavy atom. The lowest BCUT2D eigenvalue weighted by molar-refractivity contribution is -0.130. The fourth-order valence-electron chi connectivity index (χ4n) is 2.70. The molecule has 0 radical (unpaired) electrons. The fraction of sp³-hybridized carbons (Fsp3) is 0.182. The highest BCUT2D eigenvalue weighted by Gasteiger charge is 2.09. The summed E-state index contributed by atoms with van der Waals surface area (Å²) in [5.74, 6) is 0.214. The van der Waals surface area contributed by atoms with Crippen molar-refractivity contribution in [3.05, 3.63) is 70.7 Å². The molecule has 2 N–H and O–H groups in total. The third-order valence-electron chi connectivity index (χ3n) is 4.21. The van der Waals surface area contributed by atoms with E-state index in [4.69, 9.17) is 9.47 Å². The summed E-state index contributed by atoms with van der Waals surface area (Å²) in [6, 6.07) is 19.0. The molecule has 0 heterocycles. The minimum atomic E-state index is -0.477. The number of amides is 2. The van der Waals surface area contributed by atoms with Gasteiger partial charge in [0, 0.05) is 5.39 Å². The van der Waals surface area contributed by atoms with E-state index in [1.807, 2.05) is 48.5 Å². The Hall–Kier alpha value is -3.06. The van der Waals surface area contributed by atoms with Crippen LogP contribution in [-0.2, 0) is 16.0 Å². The van der Waals surface area contributed by atoms with Crippen LogP contribution in [0.4, 0.5) is 0 Å². The zero-order valence-corrected chi connectivity index (χ0v) is 17.5. The Morgan fingerprint density at radius 1 is 0.862 bits per heavy atom. The second-order valence-electron chi connectivity index (χ2n) is 6.27. The van der Waals surface area contributed by atoms with Gasteiger partial charge in [-0.3, -0.25) is 20.4 Å². The number of carbonyl (C=O) groups excluding carboxylic acids is 2. The number of fused-ring (bicyclic) bond motifs is 1. The maximum Gasteiger partial charge on any atom is 0.276 e. The number of aryl methyl sites for hydroxylation is 1. The third-order valence-corrected chi connectivity index (χ3v) is 4.83. The Balaban J connectivity index is 1.44. The second kappa shape index (κ2) is 9.93. The summed E-state index contributed by atoms with van der Waals surface area (Å²) >= 11 is 3.42. The summed E-state index contributed by atoms with van der Waals surface area (Å²) in [7, 11) is 0. The predicted octanol–water partition coefficient (Wildman–Crippen LogP) is 3.77. The van der Waals surface area contributed by atoms with E-state index in [9.17, 15) is 9.59 Å². The van der Waals surface area contributed by atoms with E-state index >= 15 is 0 Å². The van der Waals surface area contributed by atoms with Gasteiger partial charge in [-0.25, -0.2) is 0 Å². The van der Waals surface area contributed by atoms with E-state index in [0.717, 1.165) is 27.2 Å². The highest BCUT2D eigenvalue weighted by molar-refractivity contribution is 9.10. The summed E-state index contributed by atoms with van der Waals surface area (Å²) in [6.07, 6.45) is 0.909. The van der Waals surface area contributed by atoms with E-state index in [2.05, 4.69) is 33.7 Å². The fourth-order valence-corrected chi connectivity index (χ4v) is 3.24. The molecule has 0 unspecified atom stereocenters. The van der Waals surface area contributed by atoms with Gasteiger partial charge in [0.15, 0.2) is 13.2 Å². The SMILES string of the molecule is CCc1ccc(OCC(=O)NNC(=O)COc2cccc3ccccc23)c(Br)c1. The molecule has 3 aromatic carbocycles. The quantitative estimate of drug-likeness (QED) is 0.530. The van der Waals surface area contributed by atoms with Crippen molar-refractivity contribution < 1.29 is 19.1 Å². The molecule has 0 bridgehead atoms. The van der Waals surface area contributed by atoms with E-state index in [0.29, 0.717) is 11.5 Å². The smallest absolute Gasteiger partial charge is 0.276 e. The first-order valence-corrected chi connectivity index (χ1v) is 9.95. The lowest BCUT2D eigenvalue weighted by Gasteiger charge is -2.12. The van der Waals surface area contributed by atoms with Gasteiger partial charge < -0.3 is 9.47 Å². The minimum absolute atomic E-state index is 0.223. The van der Waals surface area contributed by atoms with Gasteiger partial charge in [-0.15, -0.1) is 0 Å². The Morgan fingerprint density at radius 3 is 2.21 bits per heavy atom. The second-order valence-corrected chi connectivity index (χ2v) is 7.12. The molecule has 0 aliphatic heterocycles. The first-order chi connectivity index (χ1) is 14.1. The highest BCUT2D eigenvalue weighted by Crippen LogP contribution is 2.26. The van der Waals surface area contributed by atoms with E-state index in [1.54, 1.807) is 12.1 Å². The molecule has 0 fully saturated rings. The minimum Gasteiger partial charge on any atom is -0.483 e. The number of halogens is 1. The summed E-state index contributed by atoms with van der Waals surface area (Å²) < 4.78 is 11.8. The van der Waals surface area contributed by atoms with Crippen molar-refractivity contribution in [3.63, 3.8) is 0 Å². The van der Waals surface area contributed by atoms with Crippen LogP contribution in [0, 0.1) is 0 Å². The van der Waals surface area contributed by atoms with E-state index in [-0.39, 0.29) is 13.2 Å². The lowest BCUT2D eigenvalue weighted by Crippen LogP contribution is -2.45. The normalized spacial score (nSPS) is 10.4. The van der Waals surface area contributed by atoms with E-state index < -0.39 is 11.8 Å². The zero-order valence-electron chi connectivity index (χ0n) is 15.9. The van der Waals surface area contributed by atoms with Crippen LogP contribution in [0.2, 0.25) is 0 Å². The van der Waals surface area contributed by atoms with Crippen LogP contribution in [0.1, 0.15) is 12.5 Å². The Bertz CT molecular complexity index is 1020. The first kappa shape index (κ1) is 20.7. The first-order valence-electron chi connectivity index (χ1n) is 9.16. The van der Waals surface area contributed by atoms with Crippen LogP contribution < -0.4 is 20.3 Å². The van der Waals surface area contributed by atoms with Crippen molar-refractivity contribution in [2.75, 3.05) is 13.2 Å². The number of hydrazine groups is 1. The summed E-state index contributed by atoms with van der Waals surface area (Å²) in [6.45, 7) is 1.61. The van der Waals surface area contributed by atoms with Crippen LogP contribution in [0.3, 0.4) is 0 Å². The Kier molecular flexibility index (Phi) is 7.08.